The number of phenols is 1. The second-order valence-electron chi connectivity index (χ2n) is 4.17. The van der Waals surface area contributed by atoms with E-state index in [9.17, 15) is 15.0 Å². The van der Waals surface area contributed by atoms with Crippen LogP contribution in [0.5, 0.6) is 11.5 Å². The van der Waals surface area contributed by atoms with Crippen LogP contribution in [0.15, 0.2) is 22.2 Å². The number of ether oxygens (including phenoxy) is 1. The van der Waals surface area contributed by atoms with Gasteiger partial charge in [0, 0.05) is 0 Å². The topological polar surface area (TPSA) is 108 Å². The number of nitrogens with one attached hydrogen (secondary N) is 1. The van der Waals surface area contributed by atoms with Gasteiger partial charge >= 0.3 is 5.97 Å². The van der Waals surface area contributed by atoms with E-state index in [2.05, 4.69) is 15.2 Å². The molecular weight excluding hydrogens is 330 g/mol. The molecule has 0 saturated carbocycles. The van der Waals surface area contributed by atoms with E-state index >= 15 is 0 Å². The van der Waals surface area contributed by atoms with Gasteiger partial charge in [0.2, 0.25) is 5.16 Å². The second-order valence-corrected chi connectivity index (χ2v) is 5.59. The van der Waals surface area contributed by atoms with Crippen LogP contribution in [0.2, 0.25) is 5.02 Å². The molecule has 2 rings (SSSR count). The summed E-state index contributed by atoms with van der Waals surface area (Å²) < 4.78 is 4.98. The Morgan fingerprint density at radius 2 is 2.23 bits per heavy atom. The molecular formula is C13H12ClN3O4S. The molecule has 1 aromatic heterocycles. The largest absolute Gasteiger partial charge is 0.503 e. The summed E-state index contributed by atoms with van der Waals surface area (Å²) in [7, 11) is 1.38. The van der Waals surface area contributed by atoms with Gasteiger partial charge in [-0.1, -0.05) is 11.6 Å². The number of phenolic OH excluding ortho intramolecular Hbond substituents is 1. The van der Waals surface area contributed by atoms with Crippen LogP contribution in [0.4, 0.5) is 0 Å². The monoisotopic (exact) mass is 341 g/mol. The van der Waals surface area contributed by atoms with E-state index < -0.39 is 5.97 Å². The minimum Gasteiger partial charge on any atom is -0.503 e. The molecule has 0 fully saturated rings. The quantitative estimate of drug-likeness (QED) is 0.566. The molecule has 0 aliphatic heterocycles. The fraction of sp³-hybridized carbons (Fsp3) is 0.154. The van der Waals surface area contributed by atoms with Gasteiger partial charge in [0.1, 0.15) is 10.7 Å². The number of aromatic hydroxyl groups is 1. The molecule has 1 heterocycles. The van der Waals surface area contributed by atoms with E-state index in [0.29, 0.717) is 16.5 Å². The van der Waals surface area contributed by atoms with Gasteiger partial charge in [-0.25, -0.2) is 9.78 Å². The molecule has 3 N–H and O–H groups in total. The van der Waals surface area contributed by atoms with Crippen LogP contribution in [0.25, 0.3) is 6.08 Å². The summed E-state index contributed by atoms with van der Waals surface area (Å²) in [5.74, 6) is -0.588. The number of aliphatic carboxylic acids is 1. The van der Waals surface area contributed by atoms with Crippen LogP contribution >= 0.6 is 23.4 Å². The van der Waals surface area contributed by atoms with Crippen molar-refractivity contribution in [2.24, 2.45) is 0 Å². The SMILES string of the molecule is COc1cc(/C=C(/Sc2n[nH]c(C)n2)C(=O)O)cc(Cl)c1O. The summed E-state index contributed by atoms with van der Waals surface area (Å²) in [6, 6.07) is 2.92. The Labute approximate surface area is 135 Å². The number of methoxy groups -OCH3 is 1. The van der Waals surface area contributed by atoms with Crippen molar-refractivity contribution in [1.82, 2.24) is 15.2 Å². The van der Waals surface area contributed by atoms with Crippen molar-refractivity contribution < 1.29 is 19.7 Å². The number of aromatic amines is 1. The van der Waals surface area contributed by atoms with Crippen molar-refractivity contribution in [3.05, 3.63) is 33.4 Å². The summed E-state index contributed by atoms with van der Waals surface area (Å²) in [6.07, 6.45) is 1.40. The molecule has 0 aliphatic carbocycles. The van der Waals surface area contributed by atoms with Crippen LogP contribution in [0.3, 0.4) is 0 Å². The number of hydrogen-bond acceptors (Lipinski definition) is 6. The first-order valence-corrected chi connectivity index (χ1v) is 7.18. The first kappa shape index (κ1) is 16.2. The molecule has 0 radical (unpaired) electrons. The molecule has 7 nitrogen and oxygen atoms in total. The van der Waals surface area contributed by atoms with Gasteiger partial charge in [-0.2, -0.15) is 0 Å². The van der Waals surface area contributed by atoms with E-state index in [1.165, 1.54) is 25.3 Å². The molecule has 22 heavy (non-hydrogen) atoms. The van der Waals surface area contributed by atoms with Crippen molar-refractivity contribution >= 4 is 35.4 Å². The number of aryl methyl sites for hydroxylation is 1. The Hall–Kier alpha value is -2.19. The third-order valence-electron chi connectivity index (χ3n) is 2.56. The summed E-state index contributed by atoms with van der Waals surface area (Å²) in [6.45, 7) is 1.71. The Balaban J connectivity index is 2.38. The molecule has 1 aromatic carbocycles. The van der Waals surface area contributed by atoms with Gasteiger partial charge < -0.3 is 14.9 Å². The van der Waals surface area contributed by atoms with Gasteiger partial charge in [-0.15, -0.1) is 5.10 Å². The standard InChI is InChI=1S/C13H12ClN3O4S/c1-6-15-13(17-16-6)22-10(12(19)20)5-7-3-8(14)11(18)9(4-7)21-2/h3-5,18H,1-2H3,(H,19,20)(H,15,16,17)/b10-5+. The zero-order valence-corrected chi connectivity index (χ0v) is 13.2. The predicted octanol–water partition coefficient (Wildman–Crippen LogP) is 2.70. The maximum atomic E-state index is 11.4. The molecule has 0 aliphatic rings. The van der Waals surface area contributed by atoms with Crippen molar-refractivity contribution in [3.63, 3.8) is 0 Å². The lowest BCUT2D eigenvalue weighted by Gasteiger charge is -2.07. The predicted molar refractivity (Wildman–Crippen MR) is 82.3 cm³/mol. The molecule has 9 heteroatoms. The highest BCUT2D eigenvalue weighted by Crippen LogP contribution is 2.36. The molecule has 0 amide bonds. The van der Waals surface area contributed by atoms with Gasteiger partial charge in [-0.05, 0) is 42.5 Å². The Bertz CT molecular complexity index is 745. The van der Waals surface area contributed by atoms with Gasteiger partial charge in [0.25, 0.3) is 0 Å². The van der Waals surface area contributed by atoms with Crippen LogP contribution in [0.1, 0.15) is 11.4 Å². The van der Waals surface area contributed by atoms with Crippen molar-refractivity contribution in [2.45, 2.75) is 12.1 Å². The molecule has 116 valence electrons. The number of H-pyrrole nitrogens is 1. The average molecular weight is 342 g/mol. The number of carbonyl (C=O) groups is 1. The van der Waals surface area contributed by atoms with Crippen molar-refractivity contribution in [1.29, 1.82) is 0 Å². The normalized spacial score (nSPS) is 11.5. The first-order chi connectivity index (χ1) is 10.4. The summed E-state index contributed by atoms with van der Waals surface area (Å²) in [5, 5.41) is 25.8. The van der Waals surface area contributed by atoms with Crippen molar-refractivity contribution in [3.8, 4) is 11.5 Å². The van der Waals surface area contributed by atoms with Crippen molar-refractivity contribution in [2.75, 3.05) is 7.11 Å². The Kier molecular flexibility index (Phi) is 4.94. The molecule has 2 aromatic rings. The lowest BCUT2D eigenvalue weighted by atomic mass is 10.2. The molecule has 0 unspecified atom stereocenters. The third kappa shape index (κ3) is 3.71. The maximum Gasteiger partial charge on any atom is 0.342 e. The zero-order valence-electron chi connectivity index (χ0n) is 11.6. The second kappa shape index (κ2) is 6.71. The van der Waals surface area contributed by atoms with E-state index in [4.69, 9.17) is 16.3 Å². The highest BCUT2D eigenvalue weighted by molar-refractivity contribution is 8.04. The minimum atomic E-state index is -1.13. The average Bonchev–Trinajstić information content (AvgIpc) is 2.87. The van der Waals surface area contributed by atoms with Crippen LogP contribution in [-0.2, 0) is 4.79 Å². The number of thioether (sulfide) groups is 1. The number of rotatable bonds is 5. The minimum absolute atomic E-state index is 0.00260. The number of carboxylic acid groups (broad SMARTS) is 1. The lowest BCUT2D eigenvalue weighted by molar-refractivity contribution is -0.131. The van der Waals surface area contributed by atoms with E-state index in [1.807, 2.05) is 0 Å². The van der Waals surface area contributed by atoms with Crippen LogP contribution in [0, 0.1) is 6.92 Å². The number of halogens is 1. The maximum absolute atomic E-state index is 11.4. The summed E-state index contributed by atoms with van der Waals surface area (Å²) in [5.41, 5.74) is 0.469. The van der Waals surface area contributed by atoms with Crippen LogP contribution in [-0.4, -0.2) is 38.5 Å². The third-order valence-corrected chi connectivity index (χ3v) is 3.72. The van der Waals surface area contributed by atoms with E-state index in [1.54, 1.807) is 6.92 Å². The Morgan fingerprint density at radius 3 is 2.77 bits per heavy atom. The van der Waals surface area contributed by atoms with Gasteiger partial charge in [0.05, 0.1) is 12.1 Å². The number of benzene rings is 1. The number of hydrogen-bond donors (Lipinski definition) is 3. The molecule has 0 atom stereocenters. The summed E-state index contributed by atoms with van der Waals surface area (Å²) in [4.78, 5) is 15.4. The number of aromatic nitrogens is 3. The van der Waals surface area contributed by atoms with Crippen LogP contribution < -0.4 is 4.74 Å². The van der Waals surface area contributed by atoms with E-state index in [0.717, 1.165) is 11.8 Å². The van der Waals surface area contributed by atoms with Gasteiger partial charge in [-0.3, -0.25) is 5.10 Å². The smallest absolute Gasteiger partial charge is 0.342 e. The molecule has 0 spiro atoms. The lowest BCUT2D eigenvalue weighted by Crippen LogP contribution is -1.97. The zero-order chi connectivity index (χ0) is 16.3. The Morgan fingerprint density at radius 1 is 1.50 bits per heavy atom. The van der Waals surface area contributed by atoms with E-state index in [-0.39, 0.29) is 21.4 Å². The highest BCUT2D eigenvalue weighted by Gasteiger charge is 2.14. The summed E-state index contributed by atoms with van der Waals surface area (Å²) >= 11 is 6.78. The fourth-order valence-electron chi connectivity index (χ4n) is 1.59. The fourth-order valence-corrected chi connectivity index (χ4v) is 2.56. The molecule has 0 bridgehead atoms. The number of carboxylic acids is 1. The molecule has 0 saturated heterocycles. The first-order valence-electron chi connectivity index (χ1n) is 5.99. The van der Waals surface area contributed by atoms with Gasteiger partial charge in [0.15, 0.2) is 11.5 Å². The number of nitrogens with zero attached hydrogens (tertiary/aromatic N) is 2. The highest BCUT2D eigenvalue weighted by atomic mass is 35.5.